The highest BCUT2D eigenvalue weighted by molar-refractivity contribution is 9.10. The second-order valence-electron chi connectivity index (χ2n) is 4.01. The van der Waals surface area contributed by atoms with E-state index >= 15 is 0 Å². The van der Waals surface area contributed by atoms with E-state index in [1.165, 1.54) is 10.6 Å². The maximum absolute atomic E-state index is 11.9. The monoisotopic (exact) mass is 309 g/mol. The van der Waals surface area contributed by atoms with Crippen LogP contribution < -0.4 is 5.56 Å². The molecular formula is C13H12BrNO3. The number of pyridine rings is 1. The predicted octanol–water partition coefficient (Wildman–Crippen LogP) is 2.80. The molecule has 2 rings (SSSR count). The Hall–Kier alpha value is -1.62. The largest absolute Gasteiger partial charge is 0.480 e. The molecule has 1 N–H and O–H groups in total. The molecule has 0 saturated heterocycles. The Morgan fingerprint density at radius 2 is 2.11 bits per heavy atom. The van der Waals surface area contributed by atoms with Crippen LogP contribution in [0, 0.1) is 0 Å². The Kier molecular flexibility index (Phi) is 3.52. The Morgan fingerprint density at radius 1 is 1.39 bits per heavy atom. The number of carboxylic acid groups (broad SMARTS) is 1. The summed E-state index contributed by atoms with van der Waals surface area (Å²) in [6.45, 7) is 1.75. The minimum absolute atomic E-state index is 0.293. The fourth-order valence-electron chi connectivity index (χ4n) is 2.03. The minimum Gasteiger partial charge on any atom is -0.480 e. The van der Waals surface area contributed by atoms with Crippen LogP contribution in [0.1, 0.15) is 19.4 Å². The number of carboxylic acids is 1. The van der Waals surface area contributed by atoms with Crippen LogP contribution in [0.15, 0.2) is 39.6 Å². The van der Waals surface area contributed by atoms with Crippen molar-refractivity contribution in [2.24, 2.45) is 0 Å². The third kappa shape index (κ3) is 2.18. The summed E-state index contributed by atoms with van der Waals surface area (Å²) in [4.78, 5) is 23.1. The van der Waals surface area contributed by atoms with Crippen molar-refractivity contribution < 1.29 is 9.90 Å². The van der Waals surface area contributed by atoms with E-state index in [9.17, 15) is 14.7 Å². The van der Waals surface area contributed by atoms with Gasteiger partial charge in [0.25, 0.3) is 5.56 Å². The minimum atomic E-state index is -0.991. The molecule has 1 unspecified atom stereocenters. The van der Waals surface area contributed by atoms with E-state index in [4.69, 9.17) is 0 Å². The molecule has 18 heavy (non-hydrogen) atoms. The first kappa shape index (κ1) is 12.8. The zero-order chi connectivity index (χ0) is 13.3. The molecule has 1 heterocycles. The zero-order valence-electron chi connectivity index (χ0n) is 9.76. The maximum Gasteiger partial charge on any atom is 0.326 e. The normalized spacial score (nSPS) is 12.6. The van der Waals surface area contributed by atoms with Gasteiger partial charge < -0.3 is 5.11 Å². The van der Waals surface area contributed by atoms with Crippen molar-refractivity contribution in [2.75, 3.05) is 0 Å². The van der Waals surface area contributed by atoms with Gasteiger partial charge >= 0.3 is 5.97 Å². The smallest absolute Gasteiger partial charge is 0.326 e. The van der Waals surface area contributed by atoms with Crippen molar-refractivity contribution in [3.8, 4) is 0 Å². The van der Waals surface area contributed by atoms with Crippen molar-refractivity contribution >= 4 is 32.8 Å². The lowest BCUT2D eigenvalue weighted by atomic mass is 10.1. The molecule has 1 aromatic heterocycles. The van der Waals surface area contributed by atoms with Gasteiger partial charge in [-0.15, -0.1) is 0 Å². The van der Waals surface area contributed by atoms with E-state index in [1.54, 1.807) is 25.1 Å². The van der Waals surface area contributed by atoms with Crippen molar-refractivity contribution in [1.82, 2.24) is 4.57 Å². The van der Waals surface area contributed by atoms with Gasteiger partial charge in [-0.3, -0.25) is 9.36 Å². The quantitative estimate of drug-likeness (QED) is 0.948. The number of hydrogen-bond donors (Lipinski definition) is 1. The van der Waals surface area contributed by atoms with Crippen molar-refractivity contribution in [2.45, 2.75) is 19.4 Å². The SMILES string of the molecule is CCC(C(=O)O)n1c(=O)ccc2cc(Br)ccc21. The summed E-state index contributed by atoms with van der Waals surface area (Å²) in [6, 6.07) is 7.69. The Balaban J connectivity index is 2.79. The number of halogens is 1. The van der Waals surface area contributed by atoms with E-state index in [0.29, 0.717) is 11.9 Å². The summed E-state index contributed by atoms with van der Waals surface area (Å²) in [5, 5.41) is 10.0. The highest BCUT2D eigenvalue weighted by Crippen LogP contribution is 2.21. The third-order valence-electron chi connectivity index (χ3n) is 2.88. The molecule has 0 spiro atoms. The molecule has 0 fully saturated rings. The number of rotatable bonds is 3. The van der Waals surface area contributed by atoms with Crippen LogP contribution in [0.5, 0.6) is 0 Å². The lowest BCUT2D eigenvalue weighted by Gasteiger charge is -2.16. The van der Waals surface area contributed by atoms with E-state index in [2.05, 4.69) is 15.9 Å². The number of carbonyl (C=O) groups is 1. The number of aliphatic carboxylic acids is 1. The summed E-state index contributed by atoms with van der Waals surface area (Å²) >= 11 is 3.35. The van der Waals surface area contributed by atoms with Crippen LogP contribution in [0.25, 0.3) is 10.9 Å². The van der Waals surface area contributed by atoms with Gasteiger partial charge in [0, 0.05) is 10.5 Å². The van der Waals surface area contributed by atoms with Crippen molar-refractivity contribution in [1.29, 1.82) is 0 Å². The highest BCUT2D eigenvalue weighted by Gasteiger charge is 2.20. The highest BCUT2D eigenvalue weighted by atomic mass is 79.9. The molecule has 5 heteroatoms. The Morgan fingerprint density at radius 3 is 2.72 bits per heavy atom. The van der Waals surface area contributed by atoms with E-state index in [1.807, 2.05) is 6.07 Å². The van der Waals surface area contributed by atoms with Gasteiger partial charge in [-0.25, -0.2) is 4.79 Å². The number of aromatic nitrogens is 1. The number of benzene rings is 1. The van der Waals surface area contributed by atoms with Crippen molar-refractivity contribution in [3.63, 3.8) is 0 Å². The molecule has 94 valence electrons. The van der Waals surface area contributed by atoms with Crippen LogP contribution in [0.2, 0.25) is 0 Å². The molecule has 0 aliphatic rings. The van der Waals surface area contributed by atoms with Gasteiger partial charge in [0.2, 0.25) is 0 Å². The average molecular weight is 310 g/mol. The fourth-order valence-corrected chi connectivity index (χ4v) is 2.41. The summed E-state index contributed by atoms with van der Waals surface area (Å²) in [5.74, 6) is -0.991. The molecule has 0 aliphatic heterocycles. The third-order valence-corrected chi connectivity index (χ3v) is 3.37. The first-order chi connectivity index (χ1) is 8.54. The second kappa shape index (κ2) is 4.94. The van der Waals surface area contributed by atoms with Gasteiger partial charge in [0.15, 0.2) is 0 Å². The van der Waals surface area contributed by atoms with Crippen molar-refractivity contribution in [3.05, 3.63) is 45.2 Å². The second-order valence-corrected chi connectivity index (χ2v) is 4.92. The average Bonchev–Trinajstić information content (AvgIpc) is 2.32. The first-order valence-electron chi connectivity index (χ1n) is 5.58. The molecule has 0 saturated carbocycles. The molecule has 1 aromatic carbocycles. The fraction of sp³-hybridized carbons (Fsp3) is 0.231. The van der Waals surface area contributed by atoms with Gasteiger partial charge in [0.05, 0.1) is 5.52 Å². The van der Waals surface area contributed by atoms with Gasteiger partial charge in [-0.2, -0.15) is 0 Å². The molecule has 1 atom stereocenters. The summed E-state index contributed by atoms with van der Waals surface area (Å²) in [5.41, 5.74) is 0.346. The van der Waals surface area contributed by atoms with Crippen LogP contribution in [0.3, 0.4) is 0 Å². The predicted molar refractivity (Wildman–Crippen MR) is 72.9 cm³/mol. The van der Waals surface area contributed by atoms with Gasteiger partial charge in [-0.1, -0.05) is 22.9 Å². The van der Waals surface area contributed by atoms with Gasteiger partial charge in [0.1, 0.15) is 6.04 Å². The lowest BCUT2D eigenvalue weighted by Crippen LogP contribution is -2.29. The standard InChI is InChI=1S/C13H12BrNO3/c1-2-10(13(17)18)15-11-5-4-9(14)7-8(11)3-6-12(15)16/h3-7,10H,2H2,1H3,(H,17,18). The number of fused-ring (bicyclic) bond motifs is 1. The summed E-state index contributed by atoms with van der Waals surface area (Å²) in [7, 11) is 0. The molecule has 0 radical (unpaired) electrons. The Bertz CT molecular complexity index is 663. The molecule has 0 aliphatic carbocycles. The maximum atomic E-state index is 11.9. The van der Waals surface area contributed by atoms with Crippen LogP contribution in [0.4, 0.5) is 0 Å². The van der Waals surface area contributed by atoms with Crippen LogP contribution in [-0.2, 0) is 4.79 Å². The van der Waals surface area contributed by atoms with Crippen LogP contribution in [-0.4, -0.2) is 15.6 Å². The Labute approximate surface area is 112 Å². The zero-order valence-corrected chi connectivity index (χ0v) is 11.3. The first-order valence-corrected chi connectivity index (χ1v) is 6.37. The lowest BCUT2D eigenvalue weighted by molar-refractivity contribution is -0.140. The van der Waals surface area contributed by atoms with E-state index < -0.39 is 12.0 Å². The topological polar surface area (TPSA) is 59.3 Å². The molecule has 0 amide bonds. The molecule has 4 nitrogen and oxygen atoms in total. The van der Waals surface area contributed by atoms with Crippen LogP contribution >= 0.6 is 15.9 Å². The summed E-state index contributed by atoms with van der Waals surface area (Å²) in [6.07, 6.45) is 0.365. The molecule has 0 bridgehead atoms. The summed E-state index contributed by atoms with van der Waals surface area (Å²) < 4.78 is 2.23. The number of hydrogen-bond acceptors (Lipinski definition) is 2. The van der Waals surface area contributed by atoms with E-state index in [-0.39, 0.29) is 5.56 Å². The number of nitrogens with zero attached hydrogens (tertiary/aromatic N) is 1. The van der Waals surface area contributed by atoms with E-state index in [0.717, 1.165) is 9.86 Å². The molecular weight excluding hydrogens is 298 g/mol. The van der Waals surface area contributed by atoms with Gasteiger partial charge in [-0.05, 0) is 36.1 Å². The molecule has 2 aromatic rings.